The largest absolute Gasteiger partial charge is 0.490 e. The van der Waals surface area contributed by atoms with Gasteiger partial charge in [-0.25, -0.2) is 0 Å². The van der Waals surface area contributed by atoms with Gasteiger partial charge in [0.2, 0.25) is 0 Å². The zero-order valence-electron chi connectivity index (χ0n) is 9.37. The van der Waals surface area contributed by atoms with Crippen LogP contribution in [0.25, 0.3) is 0 Å². The molecule has 3 heteroatoms. The topological polar surface area (TPSA) is 30.5 Å². The lowest BCUT2D eigenvalue weighted by Crippen LogP contribution is -2.14. The minimum absolute atomic E-state index is 0.441. The first-order valence-corrected chi connectivity index (χ1v) is 6.07. The Kier molecular flexibility index (Phi) is 2.70. The molecule has 0 spiro atoms. The molecule has 0 bridgehead atoms. The molecule has 0 saturated carbocycles. The molecular formula is C13H17NO2. The molecule has 1 aromatic rings. The lowest BCUT2D eigenvalue weighted by atomic mass is 10.0. The summed E-state index contributed by atoms with van der Waals surface area (Å²) >= 11 is 0. The predicted molar refractivity (Wildman–Crippen MR) is 62.0 cm³/mol. The van der Waals surface area contributed by atoms with Gasteiger partial charge in [-0.05, 0) is 25.5 Å². The van der Waals surface area contributed by atoms with Crippen LogP contribution >= 0.6 is 0 Å². The van der Waals surface area contributed by atoms with Crippen molar-refractivity contribution in [1.29, 1.82) is 0 Å². The summed E-state index contributed by atoms with van der Waals surface area (Å²) in [6, 6.07) is 6.65. The van der Waals surface area contributed by atoms with Crippen LogP contribution in [0.2, 0.25) is 0 Å². The third-order valence-corrected chi connectivity index (χ3v) is 3.24. The number of hydrogen-bond acceptors (Lipinski definition) is 3. The van der Waals surface area contributed by atoms with Gasteiger partial charge in [0.1, 0.15) is 0 Å². The fourth-order valence-electron chi connectivity index (χ4n) is 2.44. The Bertz CT molecular complexity index is 372. The van der Waals surface area contributed by atoms with Crippen LogP contribution in [0.5, 0.6) is 11.5 Å². The average molecular weight is 219 g/mol. The fraction of sp³-hybridized carbons (Fsp3) is 0.538. The second kappa shape index (κ2) is 4.34. The van der Waals surface area contributed by atoms with Crippen molar-refractivity contribution in [2.45, 2.75) is 25.3 Å². The Labute approximate surface area is 95.8 Å². The van der Waals surface area contributed by atoms with Gasteiger partial charge in [0.05, 0.1) is 13.2 Å². The van der Waals surface area contributed by atoms with Gasteiger partial charge in [-0.3, -0.25) is 0 Å². The smallest absolute Gasteiger partial charge is 0.165 e. The van der Waals surface area contributed by atoms with Crippen molar-refractivity contribution in [2.75, 3.05) is 19.8 Å². The quantitative estimate of drug-likeness (QED) is 0.786. The molecule has 1 aromatic carbocycles. The van der Waals surface area contributed by atoms with Crippen molar-refractivity contribution in [1.82, 2.24) is 5.32 Å². The van der Waals surface area contributed by atoms with Crippen molar-refractivity contribution in [2.24, 2.45) is 0 Å². The first-order chi connectivity index (χ1) is 7.95. The monoisotopic (exact) mass is 219 g/mol. The summed E-state index contributed by atoms with van der Waals surface area (Å²) in [7, 11) is 0. The third kappa shape index (κ3) is 1.76. The van der Waals surface area contributed by atoms with Gasteiger partial charge in [-0.15, -0.1) is 0 Å². The summed E-state index contributed by atoms with van der Waals surface area (Å²) in [4.78, 5) is 0. The number of hydrogen-bond donors (Lipinski definition) is 1. The van der Waals surface area contributed by atoms with E-state index in [9.17, 15) is 0 Å². The van der Waals surface area contributed by atoms with E-state index in [2.05, 4.69) is 17.4 Å². The summed E-state index contributed by atoms with van der Waals surface area (Å²) in [6.07, 6.45) is 3.40. The second-order valence-electron chi connectivity index (χ2n) is 4.37. The fourth-order valence-corrected chi connectivity index (χ4v) is 2.44. The van der Waals surface area contributed by atoms with E-state index in [1.165, 1.54) is 18.4 Å². The Morgan fingerprint density at radius 1 is 1.12 bits per heavy atom. The predicted octanol–water partition coefficient (Wildman–Crippen LogP) is 2.27. The highest BCUT2D eigenvalue weighted by atomic mass is 16.5. The highest BCUT2D eigenvalue weighted by Gasteiger charge is 2.23. The van der Waals surface area contributed by atoms with Crippen molar-refractivity contribution < 1.29 is 9.47 Å². The minimum Gasteiger partial charge on any atom is -0.490 e. The molecule has 1 fully saturated rings. The van der Waals surface area contributed by atoms with E-state index >= 15 is 0 Å². The summed E-state index contributed by atoms with van der Waals surface area (Å²) in [6.45, 7) is 2.63. The van der Waals surface area contributed by atoms with E-state index in [1.807, 2.05) is 6.07 Å². The normalized spacial score (nSPS) is 24.1. The SMILES string of the molecule is c1cc2c(c(C3CCCN3)c1)OCCCO2. The molecule has 0 amide bonds. The molecule has 16 heavy (non-hydrogen) atoms. The van der Waals surface area contributed by atoms with E-state index in [0.29, 0.717) is 6.04 Å². The number of rotatable bonds is 1. The van der Waals surface area contributed by atoms with Gasteiger partial charge >= 0.3 is 0 Å². The molecule has 1 unspecified atom stereocenters. The molecular weight excluding hydrogens is 202 g/mol. The van der Waals surface area contributed by atoms with Crippen molar-refractivity contribution in [3.05, 3.63) is 23.8 Å². The summed E-state index contributed by atoms with van der Waals surface area (Å²) in [5, 5.41) is 3.51. The lowest BCUT2D eigenvalue weighted by Gasteiger charge is -2.17. The molecule has 1 N–H and O–H groups in total. The van der Waals surface area contributed by atoms with E-state index in [0.717, 1.165) is 37.7 Å². The van der Waals surface area contributed by atoms with Gasteiger partial charge in [0, 0.05) is 18.0 Å². The van der Waals surface area contributed by atoms with Crippen LogP contribution < -0.4 is 14.8 Å². The lowest BCUT2D eigenvalue weighted by molar-refractivity contribution is 0.295. The zero-order chi connectivity index (χ0) is 10.8. The standard InChI is InChI=1S/C13H17NO2/c1-4-10(11-5-2-7-14-11)13-12(6-1)15-8-3-9-16-13/h1,4,6,11,14H,2-3,5,7-9H2. The van der Waals surface area contributed by atoms with Crippen LogP contribution in [0, 0.1) is 0 Å². The van der Waals surface area contributed by atoms with Crippen molar-refractivity contribution >= 4 is 0 Å². The number of para-hydroxylation sites is 1. The number of fused-ring (bicyclic) bond motifs is 1. The maximum absolute atomic E-state index is 5.83. The van der Waals surface area contributed by atoms with Gasteiger partial charge < -0.3 is 14.8 Å². The molecule has 86 valence electrons. The number of benzene rings is 1. The Morgan fingerprint density at radius 3 is 2.94 bits per heavy atom. The maximum Gasteiger partial charge on any atom is 0.165 e. The van der Waals surface area contributed by atoms with Gasteiger partial charge in [0.25, 0.3) is 0 Å². The number of ether oxygens (including phenoxy) is 2. The third-order valence-electron chi connectivity index (χ3n) is 3.24. The summed E-state index contributed by atoms with van der Waals surface area (Å²) in [5.41, 5.74) is 1.26. The molecule has 0 aliphatic carbocycles. The second-order valence-corrected chi connectivity index (χ2v) is 4.37. The maximum atomic E-state index is 5.83. The number of nitrogens with one attached hydrogen (secondary N) is 1. The van der Waals surface area contributed by atoms with Gasteiger partial charge in [0.15, 0.2) is 11.5 Å². The van der Waals surface area contributed by atoms with Crippen LogP contribution in [0.15, 0.2) is 18.2 Å². The molecule has 2 aliphatic rings. The van der Waals surface area contributed by atoms with Crippen LogP contribution in [0.1, 0.15) is 30.9 Å². The van der Waals surface area contributed by atoms with E-state index in [1.54, 1.807) is 0 Å². The Hall–Kier alpha value is -1.22. The minimum atomic E-state index is 0.441. The van der Waals surface area contributed by atoms with Crippen LogP contribution in [-0.4, -0.2) is 19.8 Å². The summed E-state index contributed by atoms with van der Waals surface area (Å²) < 4.78 is 11.5. The first-order valence-electron chi connectivity index (χ1n) is 6.07. The Morgan fingerprint density at radius 2 is 2.06 bits per heavy atom. The molecule has 0 radical (unpaired) electrons. The zero-order valence-corrected chi connectivity index (χ0v) is 9.37. The van der Waals surface area contributed by atoms with Crippen LogP contribution in [0.3, 0.4) is 0 Å². The van der Waals surface area contributed by atoms with E-state index in [4.69, 9.17) is 9.47 Å². The van der Waals surface area contributed by atoms with Gasteiger partial charge in [-0.1, -0.05) is 12.1 Å². The molecule has 2 aliphatic heterocycles. The van der Waals surface area contributed by atoms with Crippen LogP contribution in [0.4, 0.5) is 0 Å². The highest BCUT2D eigenvalue weighted by Crippen LogP contribution is 2.38. The Balaban J connectivity index is 1.97. The summed E-state index contributed by atoms with van der Waals surface area (Å²) in [5.74, 6) is 1.86. The van der Waals surface area contributed by atoms with Crippen LogP contribution in [-0.2, 0) is 0 Å². The highest BCUT2D eigenvalue weighted by molar-refractivity contribution is 5.48. The molecule has 2 heterocycles. The van der Waals surface area contributed by atoms with Crippen molar-refractivity contribution in [3.8, 4) is 11.5 Å². The molecule has 3 nitrogen and oxygen atoms in total. The van der Waals surface area contributed by atoms with E-state index < -0.39 is 0 Å². The van der Waals surface area contributed by atoms with E-state index in [-0.39, 0.29) is 0 Å². The van der Waals surface area contributed by atoms with Crippen molar-refractivity contribution in [3.63, 3.8) is 0 Å². The average Bonchev–Trinajstić information content (AvgIpc) is 2.73. The first kappa shape index (κ1) is 9.97. The van der Waals surface area contributed by atoms with Gasteiger partial charge in [-0.2, -0.15) is 0 Å². The molecule has 0 aromatic heterocycles. The molecule has 1 saturated heterocycles. The molecule has 3 rings (SSSR count). The molecule has 1 atom stereocenters.